The van der Waals surface area contributed by atoms with Crippen molar-refractivity contribution in [3.8, 4) is 11.3 Å². The summed E-state index contributed by atoms with van der Waals surface area (Å²) in [5, 5.41) is 8.49. The van der Waals surface area contributed by atoms with Gasteiger partial charge in [0.05, 0.1) is 11.4 Å². The van der Waals surface area contributed by atoms with Gasteiger partial charge in [-0.05, 0) is 23.8 Å². The number of hydrogen-bond acceptors (Lipinski definition) is 2. The number of aromatic nitrogens is 2. The van der Waals surface area contributed by atoms with Crippen molar-refractivity contribution < 1.29 is 0 Å². The Kier molecular flexibility index (Phi) is 3.65. The molecule has 2 heteroatoms. The summed E-state index contributed by atoms with van der Waals surface area (Å²) in [5.74, 6) is 0. The van der Waals surface area contributed by atoms with E-state index in [9.17, 15) is 0 Å². The first kappa shape index (κ1) is 12.3. The summed E-state index contributed by atoms with van der Waals surface area (Å²) in [6, 6.07) is 24.2. The molecule has 0 bridgehead atoms. The van der Waals surface area contributed by atoms with E-state index < -0.39 is 0 Å². The van der Waals surface area contributed by atoms with Gasteiger partial charge in [0, 0.05) is 5.56 Å². The SMILES string of the molecule is C(=C\c1ccc(-c2ccccc2)nn1)/c1ccccc1. The van der Waals surface area contributed by atoms with E-state index in [1.807, 2.05) is 72.8 Å². The highest BCUT2D eigenvalue weighted by atomic mass is 15.1. The van der Waals surface area contributed by atoms with Crippen LogP contribution in [0.15, 0.2) is 72.8 Å². The van der Waals surface area contributed by atoms with Gasteiger partial charge in [-0.15, -0.1) is 5.10 Å². The maximum atomic E-state index is 4.26. The van der Waals surface area contributed by atoms with Crippen LogP contribution in [0.5, 0.6) is 0 Å². The second-order valence-corrected chi connectivity index (χ2v) is 4.45. The quantitative estimate of drug-likeness (QED) is 0.699. The third-order valence-electron chi connectivity index (χ3n) is 3.00. The van der Waals surface area contributed by atoms with Crippen LogP contribution in [-0.2, 0) is 0 Å². The molecule has 1 aromatic heterocycles. The average molecular weight is 258 g/mol. The van der Waals surface area contributed by atoms with E-state index in [2.05, 4.69) is 22.3 Å². The molecule has 0 radical (unpaired) electrons. The Morgan fingerprint density at radius 1 is 0.600 bits per heavy atom. The normalized spacial score (nSPS) is 10.8. The van der Waals surface area contributed by atoms with Crippen LogP contribution in [0, 0.1) is 0 Å². The van der Waals surface area contributed by atoms with Crippen LogP contribution < -0.4 is 0 Å². The molecule has 96 valence electrons. The molecule has 0 saturated carbocycles. The first-order valence-corrected chi connectivity index (χ1v) is 6.54. The minimum atomic E-state index is 0.855. The molecule has 2 nitrogen and oxygen atoms in total. The van der Waals surface area contributed by atoms with Crippen LogP contribution in [0.25, 0.3) is 23.4 Å². The van der Waals surface area contributed by atoms with Gasteiger partial charge in [0.15, 0.2) is 0 Å². The zero-order valence-corrected chi connectivity index (χ0v) is 11.0. The zero-order chi connectivity index (χ0) is 13.6. The molecule has 2 aromatic carbocycles. The van der Waals surface area contributed by atoms with Crippen LogP contribution in [0.3, 0.4) is 0 Å². The molecule has 0 unspecified atom stereocenters. The van der Waals surface area contributed by atoms with Crippen molar-refractivity contribution in [2.45, 2.75) is 0 Å². The van der Waals surface area contributed by atoms with Crippen LogP contribution >= 0.6 is 0 Å². The van der Waals surface area contributed by atoms with Gasteiger partial charge in [0.1, 0.15) is 0 Å². The largest absolute Gasteiger partial charge is 0.151 e. The maximum Gasteiger partial charge on any atom is 0.0930 e. The average Bonchev–Trinajstić information content (AvgIpc) is 2.55. The van der Waals surface area contributed by atoms with Crippen molar-refractivity contribution in [3.05, 3.63) is 84.1 Å². The summed E-state index contributed by atoms with van der Waals surface area (Å²) in [6.45, 7) is 0. The summed E-state index contributed by atoms with van der Waals surface area (Å²) in [4.78, 5) is 0. The summed E-state index contributed by atoms with van der Waals surface area (Å²) in [5.41, 5.74) is 3.98. The molecule has 0 aliphatic rings. The third-order valence-corrected chi connectivity index (χ3v) is 3.00. The Morgan fingerprint density at radius 3 is 1.95 bits per heavy atom. The van der Waals surface area contributed by atoms with E-state index in [0.29, 0.717) is 0 Å². The predicted molar refractivity (Wildman–Crippen MR) is 82.8 cm³/mol. The second kappa shape index (κ2) is 5.93. The smallest absolute Gasteiger partial charge is 0.0930 e. The van der Waals surface area contributed by atoms with E-state index in [1.54, 1.807) is 0 Å². The maximum absolute atomic E-state index is 4.26. The Morgan fingerprint density at radius 2 is 1.30 bits per heavy atom. The zero-order valence-electron chi connectivity index (χ0n) is 11.0. The molecule has 0 spiro atoms. The lowest BCUT2D eigenvalue weighted by atomic mass is 10.1. The van der Waals surface area contributed by atoms with Gasteiger partial charge in [-0.1, -0.05) is 66.7 Å². The Hall–Kier alpha value is -2.74. The van der Waals surface area contributed by atoms with E-state index in [4.69, 9.17) is 0 Å². The lowest BCUT2D eigenvalue weighted by Gasteiger charge is -1.99. The fourth-order valence-corrected chi connectivity index (χ4v) is 1.94. The topological polar surface area (TPSA) is 25.8 Å². The molecule has 0 aliphatic carbocycles. The van der Waals surface area contributed by atoms with Crippen molar-refractivity contribution in [3.63, 3.8) is 0 Å². The predicted octanol–water partition coefficient (Wildman–Crippen LogP) is 4.31. The monoisotopic (exact) mass is 258 g/mol. The number of hydrogen-bond donors (Lipinski definition) is 0. The number of nitrogens with zero attached hydrogens (tertiary/aromatic N) is 2. The van der Waals surface area contributed by atoms with Crippen LogP contribution in [0.2, 0.25) is 0 Å². The molecule has 0 amide bonds. The van der Waals surface area contributed by atoms with Crippen LogP contribution in [-0.4, -0.2) is 10.2 Å². The molecular weight excluding hydrogens is 244 g/mol. The van der Waals surface area contributed by atoms with Gasteiger partial charge in [-0.25, -0.2) is 0 Å². The van der Waals surface area contributed by atoms with Gasteiger partial charge in [0.25, 0.3) is 0 Å². The molecule has 0 N–H and O–H groups in total. The molecule has 0 fully saturated rings. The van der Waals surface area contributed by atoms with Crippen molar-refractivity contribution in [2.24, 2.45) is 0 Å². The standard InChI is InChI=1S/C18H14N2/c1-3-7-15(8-4-1)11-12-17-13-14-18(20-19-17)16-9-5-2-6-10-16/h1-14H/b12-11+. The minimum absolute atomic E-state index is 0.855. The highest BCUT2D eigenvalue weighted by Crippen LogP contribution is 2.15. The van der Waals surface area contributed by atoms with Crippen molar-refractivity contribution >= 4 is 12.2 Å². The lowest BCUT2D eigenvalue weighted by molar-refractivity contribution is 1.02. The minimum Gasteiger partial charge on any atom is -0.151 e. The highest BCUT2D eigenvalue weighted by Gasteiger charge is 1.98. The van der Waals surface area contributed by atoms with E-state index in [1.165, 1.54) is 0 Å². The van der Waals surface area contributed by atoms with Crippen LogP contribution in [0.4, 0.5) is 0 Å². The number of benzene rings is 2. The Bertz CT molecular complexity index is 687. The van der Waals surface area contributed by atoms with Gasteiger partial charge in [0.2, 0.25) is 0 Å². The fraction of sp³-hybridized carbons (Fsp3) is 0. The molecule has 0 saturated heterocycles. The Labute approximate surface area is 118 Å². The Balaban J connectivity index is 1.79. The van der Waals surface area contributed by atoms with E-state index >= 15 is 0 Å². The summed E-state index contributed by atoms with van der Waals surface area (Å²) >= 11 is 0. The first-order valence-electron chi connectivity index (χ1n) is 6.54. The first-order chi connectivity index (χ1) is 9.92. The van der Waals surface area contributed by atoms with Gasteiger partial charge in [-0.2, -0.15) is 5.10 Å². The van der Waals surface area contributed by atoms with Crippen molar-refractivity contribution in [1.29, 1.82) is 0 Å². The van der Waals surface area contributed by atoms with Crippen molar-refractivity contribution in [2.75, 3.05) is 0 Å². The molecule has 20 heavy (non-hydrogen) atoms. The van der Waals surface area contributed by atoms with Gasteiger partial charge in [-0.3, -0.25) is 0 Å². The van der Waals surface area contributed by atoms with Crippen LogP contribution in [0.1, 0.15) is 11.3 Å². The van der Waals surface area contributed by atoms with Gasteiger partial charge >= 0.3 is 0 Å². The third kappa shape index (κ3) is 2.98. The summed E-state index contributed by atoms with van der Waals surface area (Å²) in [6.07, 6.45) is 4.00. The molecular formula is C18H14N2. The molecule has 0 atom stereocenters. The molecule has 1 heterocycles. The van der Waals surface area contributed by atoms with E-state index in [-0.39, 0.29) is 0 Å². The fourth-order valence-electron chi connectivity index (χ4n) is 1.94. The summed E-state index contributed by atoms with van der Waals surface area (Å²) in [7, 11) is 0. The van der Waals surface area contributed by atoms with Crippen molar-refractivity contribution in [1.82, 2.24) is 10.2 Å². The lowest BCUT2D eigenvalue weighted by Crippen LogP contribution is -1.89. The summed E-state index contributed by atoms with van der Waals surface area (Å²) < 4.78 is 0. The molecule has 3 aromatic rings. The molecule has 0 aliphatic heterocycles. The van der Waals surface area contributed by atoms with Gasteiger partial charge < -0.3 is 0 Å². The number of rotatable bonds is 3. The highest BCUT2D eigenvalue weighted by molar-refractivity contribution is 5.68. The van der Waals surface area contributed by atoms with E-state index in [0.717, 1.165) is 22.5 Å². The molecule has 3 rings (SSSR count). The second-order valence-electron chi connectivity index (χ2n) is 4.45.